The molecule has 2 heterocycles. The molecule has 0 bridgehead atoms. The fourth-order valence-electron chi connectivity index (χ4n) is 8.93. The number of rotatable bonds is 0. The van der Waals surface area contributed by atoms with Crippen molar-refractivity contribution in [1.29, 1.82) is 0 Å². The molecule has 0 amide bonds. The van der Waals surface area contributed by atoms with E-state index in [0.717, 1.165) is 57.1 Å². The SMILES string of the molecule is CC1=C2C(=O)C3[C@H](CC=C4C[C@H](O)CC[C@]43C)[C@H]2CC[C@@]12O[C@H]1C[C@@H](C)CN[C@@H]1[C@@H]2C. The predicted molar refractivity (Wildman–Crippen MR) is 120 cm³/mol. The van der Waals surface area contributed by atoms with Crippen molar-refractivity contribution in [1.82, 2.24) is 5.32 Å². The smallest absolute Gasteiger partial charge is 0.163 e. The number of nitrogens with one attached hydrogen (secondary N) is 1. The molecule has 4 aliphatic carbocycles. The van der Waals surface area contributed by atoms with Crippen molar-refractivity contribution in [2.75, 3.05) is 6.54 Å². The first-order valence-corrected chi connectivity index (χ1v) is 12.8. The Bertz CT molecular complexity index is 876. The molecule has 2 saturated carbocycles. The summed E-state index contributed by atoms with van der Waals surface area (Å²) >= 11 is 0. The van der Waals surface area contributed by atoms with Crippen molar-refractivity contribution in [2.45, 2.75) is 96.5 Å². The summed E-state index contributed by atoms with van der Waals surface area (Å²) in [4.78, 5) is 14.1. The van der Waals surface area contributed by atoms with Crippen molar-refractivity contribution in [3.05, 3.63) is 22.8 Å². The maximum atomic E-state index is 14.1. The third-order valence-electron chi connectivity index (χ3n) is 10.6. The summed E-state index contributed by atoms with van der Waals surface area (Å²) in [6, 6.07) is 0.410. The monoisotopic (exact) mass is 425 g/mol. The molecule has 2 N–H and O–H groups in total. The normalized spacial score (nSPS) is 53.7. The van der Waals surface area contributed by atoms with E-state index in [2.05, 4.69) is 39.1 Å². The van der Waals surface area contributed by atoms with Gasteiger partial charge in [-0.15, -0.1) is 0 Å². The lowest BCUT2D eigenvalue weighted by molar-refractivity contribution is -0.123. The quantitative estimate of drug-likeness (QED) is 0.572. The van der Waals surface area contributed by atoms with Gasteiger partial charge in [-0.2, -0.15) is 0 Å². The van der Waals surface area contributed by atoms with E-state index in [1.54, 1.807) is 0 Å². The zero-order valence-corrected chi connectivity index (χ0v) is 19.6. The number of aliphatic hydroxyl groups is 1. The molecule has 0 radical (unpaired) electrons. The van der Waals surface area contributed by atoms with Gasteiger partial charge in [0.15, 0.2) is 5.78 Å². The van der Waals surface area contributed by atoms with Gasteiger partial charge < -0.3 is 15.2 Å². The summed E-state index contributed by atoms with van der Waals surface area (Å²) in [6.07, 6.45) is 9.23. The van der Waals surface area contributed by atoms with Crippen molar-refractivity contribution in [3.63, 3.8) is 0 Å². The first-order valence-electron chi connectivity index (χ1n) is 12.8. The molecule has 0 aromatic heterocycles. The minimum atomic E-state index is -0.263. The van der Waals surface area contributed by atoms with Crippen LogP contribution in [0.4, 0.5) is 0 Å². The van der Waals surface area contributed by atoms with Crippen molar-refractivity contribution >= 4 is 5.78 Å². The fraction of sp³-hybridized carbons (Fsp3) is 0.815. The molecule has 4 heteroatoms. The lowest BCUT2D eigenvalue weighted by Gasteiger charge is -2.48. The van der Waals surface area contributed by atoms with Crippen molar-refractivity contribution < 1.29 is 14.6 Å². The Morgan fingerprint density at radius 1 is 1.23 bits per heavy atom. The number of ether oxygens (including phenoxy) is 1. The van der Waals surface area contributed by atoms with Crippen LogP contribution in [0.15, 0.2) is 22.8 Å². The summed E-state index contributed by atoms with van der Waals surface area (Å²) in [5.41, 5.74) is 3.43. The number of ketones is 1. The number of hydrogen-bond acceptors (Lipinski definition) is 4. The Balaban J connectivity index is 1.39. The molecule has 6 rings (SSSR count). The third kappa shape index (κ3) is 2.62. The molecule has 0 aromatic rings. The van der Waals surface area contributed by atoms with Crippen LogP contribution in [0.2, 0.25) is 0 Å². The summed E-state index contributed by atoms with van der Waals surface area (Å²) in [5.74, 6) is 2.41. The number of piperidine rings is 1. The van der Waals surface area contributed by atoms with E-state index in [9.17, 15) is 9.90 Å². The van der Waals surface area contributed by atoms with Gasteiger partial charge in [-0.3, -0.25) is 4.79 Å². The topological polar surface area (TPSA) is 58.6 Å². The van der Waals surface area contributed by atoms with Gasteiger partial charge in [0.25, 0.3) is 0 Å². The van der Waals surface area contributed by atoms with Gasteiger partial charge in [0.05, 0.1) is 17.8 Å². The van der Waals surface area contributed by atoms with E-state index < -0.39 is 0 Å². The highest BCUT2D eigenvalue weighted by atomic mass is 16.5. The van der Waals surface area contributed by atoms with Gasteiger partial charge in [0, 0.05) is 23.5 Å². The zero-order valence-electron chi connectivity index (χ0n) is 19.6. The van der Waals surface area contributed by atoms with E-state index in [1.807, 2.05) is 0 Å². The lowest BCUT2D eigenvalue weighted by Crippen LogP contribution is -2.49. The molecule has 2 aliphatic heterocycles. The standard InChI is InChI=1S/C27H39NO3/c1-14-11-21-24(28-13-14)16(3)27(31-21)10-8-19-20-6-5-17-12-18(29)7-9-26(17,4)23(20)25(30)22(19)15(27)2/h5,14,16,18-21,23-24,28-29H,6-13H2,1-4H3/t14-,16+,18-,19-,20-,21+,23?,24-,26-,27-/m1/s1. The largest absolute Gasteiger partial charge is 0.393 e. The van der Waals surface area contributed by atoms with Crippen molar-refractivity contribution in [3.8, 4) is 0 Å². The molecule has 1 spiro atoms. The number of allylic oxidation sites excluding steroid dienone is 2. The van der Waals surface area contributed by atoms with Gasteiger partial charge in [0.2, 0.25) is 0 Å². The molecule has 4 fully saturated rings. The van der Waals surface area contributed by atoms with E-state index >= 15 is 0 Å². The summed E-state index contributed by atoms with van der Waals surface area (Å²) in [6.45, 7) is 10.3. The van der Waals surface area contributed by atoms with Gasteiger partial charge >= 0.3 is 0 Å². The zero-order chi connectivity index (χ0) is 21.7. The molecule has 170 valence electrons. The van der Waals surface area contributed by atoms with E-state index in [0.29, 0.717) is 35.5 Å². The van der Waals surface area contributed by atoms with Crippen LogP contribution in [-0.2, 0) is 9.53 Å². The third-order valence-corrected chi connectivity index (χ3v) is 10.6. The maximum absolute atomic E-state index is 14.1. The van der Waals surface area contributed by atoms with E-state index in [4.69, 9.17) is 4.74 Å². The number of carbonyl (C=O) groups is 1. The highest BCUT2D eigenvalue weighted by molar-refractivity contribution is 6.02. The second-order valence-electron chi connectivity index (χ2n) is 12.1. The van der Waals surface area contributed by atoms with Crippen LogP contribution in [0.25, 0.3) is 0 Å². The summed E-state index contributed by atoms with van der Waals surface area (Å²) < 4.78 is 6.93. The first-order chi connectivity index (χ1) is 14.8. The molecule has 31 heavy (non-hydrogen) atoms. The molecule has 4 nitrogen and oxygen atoms in total. The van der Waals surface area contributed by atoms with Crippen LogP contribution >= 0.6 is 0 Å². The Kier molecular flexibility index (Phi) is 4.51. The van der Waals surface area contributed by atoms with Gasteiger partial charge in [-0.25, -0.2) is 0 Å². The molecule has 10 atom stereocenters. The molecular weight excluding hydrogens is 386 g/mol. The molecule has 6 aliphatic rings. The molecular formula is C27H39NO3. The average molecular weight is 426 g/mol. The van der Waals surface area contributed by atoms with E-state index in [1.165, 1.54) is 11.1 Å². The highest BCUT2D eigenvalue weighted by Gasteiger charge is 2.63. The van der Waals surface area contributed by atoms with Crippen LogP contribution in [0.1, 0.15) is 72.6 Å². The lowest BCUT2D eigenvalue weighted by atomic mass is 9.56. The number of aliphatic hydroxyl groups excluding tert-OH is 1. The second-order valence-corrected chi connectivity index (χ2v) is 12.1. The van der Waals surface area contributed by atoms with E-state index in [-0.39, 0.29) is 29.1 Å². The average Bonchev–Trinajstić information content (AvgIpc) is 3.18. The summed E-state index contributed by atoms with van der Waals surface area (Å²) in [5, 5.41) is 14.0. The van der Waals surface area contributed by atoms with Crippen LogP contribution in [0, 0.1) is 35.0 Å². The highest BCUT2D eigenvalue weighted by Crippen LogP contribution is 2.63. The number of Topliss-reactive ketones (excluding diaryl/α,β-unsaturated/α-hetero) is 1. The van der Waals surface area contributed by atoms with Crippen LogP contribution in [0.3, 0.4) is 0 Å². The Morgan fingerprint density at radius 3 is 2.84 bits per heavy atom. The number of hydrogen-bond donors (Lipinski definition) is 2. The Labute approximate surface area is 186 Å². The first kappa shape index (κ1) is 20.6. The van der Waals surface area contributed by atoms with Gasteiger partial charge in [-0.05, 0) is 87.2 Å². The minimum Gasteiger partial charge on any atom is -0.393 e. The maximum Gasteiger partial charge on any atom is 0.163 e. The van der Waals surface area contributed by atoms with Crippen LogP contribution < -0.4 is 5.32 Å². The number of carbonyl (C=O) groups excluding carboxylic acids is 1. The Hall–Kier alpha value is -0.970. The molecule has 0 aromatic carbocycles. The van der Waals surface area contributed by atoms with Gasteiger partial charge in [-0.1, -0.05) is 32.4 Å². The predicted octanol–water partition coefficient (Wildman–Crippen LogP) is 4.18. The Morgan fingerprint density at radius 2 is 2.03 bits per heavy atom. The fourth-order valence-corrected chi connectivity index (χ4v) is 8.93. The van der Waals surface area contributed by atoms with Crippen LogP contribution in [0.5, 0.6) is 0 Å². The number of fused-ring (bicyclic) bond motifs is 6. The van der Waals surface area contributed by atoms with Gasteiger partial charge in [0.1, 0.15) is 0 Å². The molecule has 1 unspecified atom stereocenters. The molecule has 2 saturated heterocycles. The van der Waals surface area contributed by atoms with Crippen molar-refractivity contribution in [2.24, 2.45) is 35.0 Å². The minimum absolute atomic E-state index is 0.0653. The van der Waals surface area contributed by atoms with Crippen LogP contribution in [-0.4, -0.2) is 41.3 Å². The summed E-state index contributed by atoms with van der Waals surface area (Å²) in [7, 11) is 0. The second kappa shape index (κ2) is 6.77.